The highest BCUT2D eigenvalue weighted by Crippen LogP contribution is 2.50. The molecule has 118 valence electrons. The number of alkyl halides is 1. The van der Waals surface area contributed by atoms with Gasteiger partial charge in [0.2, 0.25) is 0 Å². The zero-order valence-electron chi connectivity index (χ0n) is 12.1. The Labute approximate surface area is 135 Å². The van der Waals surface area contributed by atoms with Crippen LogP contribution in [0, 0.1) is 0 Å². The molecule has 0 aliphatic heterocycles. The minimum atomic E-state index is -3.65. The Morgan fingerprint density at radius 1 is 0.773 bits per heavy atom. The maximum atomic E-state index is 12.6. The van der Waals surface area contributed by atoms with Crippen LogP contribution in [0.3, 0.4) is 0 Å². The largest absolute Gasteiger partial charge is 0.475 e. The van der Waals surface area contributed by atoms with Gasteiger partial charge in [-0.05, 0) is 11.1 Å². The van der Waals surface area contributed by atoms with E-state index in [9.17, 15) is 4.57 Å². The van der Waals surface area contributed by atoms with Gasteiger partial charge in [-0.25, -0.2) is 4.57 Å². The normalized spacial score (nSPS) is 11.5. The smallest absolute Gasteiger partial charge is 0.286 e. The number of rotatable bonds is 9. The fraction of sp³-hybridized carbons (Fsp3) is 0.250. The lowest BCUT2D eigenvalue weighted by Crippen LogP contribution is -2.03. The second-order valence-electron chi connectivity index (χ2n) is 4.49. The minimum absolute atomic E-state index is 0.0996. The Bertz CT molecular complexity index is 544. The van der Waals surface area contributed by atoms with Gasteiger partial charge in [-0.15, -0.1) is 11.6 Å². The van der Waals surface area contributed by atoms with Crippen LogP contribution in [-0.2, 0) is 31.4 Å². The third-order valence-electron chi connectivity index (χ3n) is 2.79. The molecule has 2 aromatic carbocycles. The molecule has 0 heterocycles. The SMILES string of the molecule is O=P(OCCCl)(OCc1ccccc1)OCc1ccccc1. The molecule has 0 radical (unpaired) electrons. The van der Waals surface area contributed by atoms with E-state index in [2.05, 4.69) is 0 Å². The van der Waals surface area contributed by atoms with Crippen molar-refractivity contribution in [1.29, 1.82) is 0 Å². The molecule has 4 nitrogen and oxygen atoms in total. The Balaban J connectivity index is 1.95. The summed E-state index contributed by atoms with van der Waals surface area (Å²) in [5, 5.41) is 0. The molecule has 6 heteroatoms. The van der Waals surface area contributed by atoms with Crippen molar-refractivity contribution in [1.82, 2.24) is 0 Å². The van der Waals surface area contributed by atoms with Crippen molar-refractivity contribution in [3.63, 3.8) is 0 Å². The molecule has 0 fully saturated rings. The molecule has 0 amide bonds. The summed E-state index contributed by atoms with van der Waals surface area (Å²) in [7, 11) is -3.65. The third-order valence-corrected chi connectivity index (χ3v) is 4.33. The lowest BCUT2D eigenvalue weighted by molar-refractivity contribution is 0.107. The fourth-order valence-corrected chi connectivity index (χ4v) is 3.05. The molecule has 0 aliphatic rings. The predicted octanol–water partition coefficient (Wildman–Crippen LogP) is 4.78. The molecular formula is C16H18ClO4P. The summed E-state index contributed by atoms with van der Waals surface area (Å²) in [6.07, 6.45) is 0. The van der Waals surface area contributed by atoms with Crippen LogP contribution in [0.25, 0.3) is 0 Å². The summed E-state index contributed by atoms with van der Waals surface area (Å²) in [5.74, 6) is 0.216. The predicted molar refractivity (Wildman–Crippen MR) is 86.7 cm³/mol. The number of hydrogen-bond acceptors (Lipinski definition) is 4. The first-order valence-electron chi connectivity index (χ1n) is 6.89. The van der Waals surface area contributed by atoms with Crippen molar-refractivity contribution in [2.24, 2.45) is 0 Å². The highest BCUT2D eigenvalue weighted by molar-refractivity contribution is 7.48. The highest BCUT2D eigenvalue weighted by atomic mass is 35.5. The van der Waals surface area contributed by atoms with E-state index in [1.165, 1.54) is 0 Å². The molecular weight excluding hydrogens is 323 g/mol. The van der Waals surface area contributed by atoms with Gasteiger partial charge in [0.15, 0.2) is 0 Å². The first-order valence-corrected chi connectivity index (χ1v) is 8.89. The van der Waals surface area contributed by atoms with Gasteiger partial charge in [0.05, 0.1) is 19.8 Å². The molecule has 0 bridgehead atoms. The summed E-state index contributed by atoms with van der Waals surface area (Å²) in [6, 6.07) is 18.8. The summed E-state index contributed by atoms with van der Waals surface area (Å²) >= 11 is 5.58. The van der Waals surface area contributed by atoms with Gasteiger partial charge >= 0.3 is 7.82 Å². The summed E-state index contributed by atoms with van der Waals surface area (Å²) in [6.45, 7) is 0.396. The molecule has 2 rings (SSSR count). The second-order valence-corrected chi connectivity index (χ2v) is 6.53. The first kappa shape index (κ1) is 17.2. The Kier molecular flexibility index (Phi) is 7.10. The van der Waals surface area contributed by atoms with Crippen LogP contribution in [0.4, 0.5) is 0 Å². The number of benzene rings is 2. The molecule has 0 saturated heterocycles. The van der Waals surface area contributed by atoms with Gasteiger partial charge in [0.25, 0.3) is 0 Å². The first-order chi connectivity index (χ1) is 10.7. The number of phosphoric ester groups is 1. The third kappa shape index (κ3) is 5.91. The average molecular weight is 341 g/mol. The average Bonchev–Trinajstić information content (AvgIpc) is 2.59. The molecule has 0 spiro atoms. The molecule has 0 atom stereocenters. The van der Waals surface area contributed by atoms with Crippen molar-refractivity contribution in [2.45, 2.75) is 13.2 Å². The van der Waals surface area contributed by atoms with Crippen LogP contribution in [-0.4, -0.2) is 12.5 Å². The van der Waals surface area contributed by atoms with Gasteiger partial charge in [-0.3, -0.25) is 13.6 Å². The zero-order valence-corrected chi connectivity index (χ0v) is 13.7. The van der Waals surface area contributed by atoms with Gasteiger partial charge < -0.3 is 0 Å². The minimum Gasteiger partial charge on any atom is -0.286 e. The van der Waals surface area contributed by atoms with E-state index in [0.29, 0.717) is 0 Å². The van der Waals surface area contributed by atoms with E-state index in [0.717, 1.165) is 11.1 Å². The molecule has 0 aliphatic carbocycles. The van der Waals surface area contributed by atoms with E-state index in [1.54, 1.807) is 0 Å². The monoisotopic (exact) mass is 340 g/mol. The molecule has 0 N–H and O–H groups in total. The van der Waals surface area contributed by atoms with Gasteiger partial charge in [0, 0.05) is 5.88 Å². The van der Waals surface area contributed by atoms with Crippen LogP contribution in [0.5, 0.6) is 0 Å². The van der Waals surface area contributed by atoms with Gasteiger partial charge in [-0.1, -0.05) is 60.7 Å². The lowest BCUT2D eigenvalue weighted by Gasteiger charge is -2.17. The Hall–Kier alpha value is -1.16. The molecule has 2 aromatic rings. The highest BCUT2D eigenvalue weighted by Gasteiger charge is 2.26. The standard InChI is InChI=1S/C16H18ClO4P/c17-11-12-19-22(18,20-13-15-7-3-1-4-8-15)21-14-16-9-5-2-6-10-16/h1-10H,11-14H2. The fourth-order valence-electron chi connectivity index (χ4n) is 1.71. The number of halogens is 1. The van der Waals surface area contributed by atoms with Gasteiger partial charge in [-0.2, -0.15) is 0 Å². The quantitative estimate of drug-likeness (QED) is 0.486. The molecule has 22 heavy (non-hydrogen) atoms. The van der Waals surface area contributed by atoms with Gasteiger partial charge in [0.1, 0.15) is 0 Å². The zero-order chi connectivity index (χ0) is 15.7. The topological polar surface area (TPSA) is 44.8 Å². The lowest BCUT2D eigenvalue weighted by atomic mass is 10.2. The Morgan fingerprint density at radius 2 is 1.23 bits per heavy atom. The van der Waals surface area contributed by atoms with Crippen molar-refractivity contribution in [2.75, 3.05) is 12.5 Å². The van der Waals surface area contributed by atoms with Crippen molar-refractivity contribution in [3.8, 4) is 0 Å². The molecule has 0 aromatic heterocycles. The second kappa shape index (κ2) is 9.09. The van der Waals surface area contributed by atoms with Crippen molar-refractivity contribution >= 4 is 19.4 Å². The summed E-state index contributed by atoms with van der Waals surface area (Å²) in [4.78, 5) is 0. The Morgan fingerprint density at radius 3 is 1.64 bits per heavy atom. The maximum absolute atomic E-state index is 12.6. The van der Waals surface area contributed by atoms with E-state index >= 15 is 0 Å². The summed E-state index contributed by atoms with van der Waals surface area (Å²) in [5.41, 5.74) is 1.78. The number of hydrogen-bond donors (Lipinski definition) is 0. The van der Waals surface area contributed by atoms with Crippen molar-refractivity contribution in [3.05, 3.63) is 71.8 Å². The molecule has 0 unspecified atom stereocenters. The van der Waals surface area contributed by atoms with E-state index < -0.39 is 7.82 Å². The van der Waals surface area contributed by atoms with E-state index in [4.69, 9.17) is 25.2 Å². The van der Waals surface area contributed by atoms with Crippen LogP contribution in [0.15, 0.2) is 60.7 Å². The van der Waals surface area contributed by atoms with E-state index in [-0.39, 0.29) is 25.7 Å². The van der Waals surface area contributed by atoms with Crippen LogP contribution < -0.4 is 0 Å². The number of phosphoric acid groups is 1. The van der Waals surface area contributed by atoms with E-state index in [1.807, 2.05) is 60.7 Å². The molecule has 0 saturated carbocycles. The summed E-state index contributed by atoms with van der Waals surface area (Å²) < 4.78 is 28.6. The van der Waals surface area contributed by atoms with Crippen LogP contribution >= 0.6 is 19.4 Å². The van der Waals surface area contributed by atoms with Crippen LogP contribution in [0.2, 0.25) is 0 Å². The van der Waals surface area contributed by atoms with Crippen molar-refractivity contribution < 1.29 is 18.1 Å². The van der Waals surface area contributed by atoms with Crippen LogP contribution in [0.1, 0.15) is 11.1 Å². The maximum Gasteiger partial charge on any atom is 0.475 e.